The van der Waals surface area contributed by atoms with Crippen LogP contribution in [0, 0.1) is 5.92 Å². The van der Waals surface area contributed by atoms with Crippen molar-refractivity contribution >= 4 is 0 Å². The molecular weight excluding hydrogens is 342 g/mol. The molecule has 0 aliphatic carbocycles. The van der Waals surface area contributed by atoms with E-state index in [0.717, 1.165) is 13.2 Å². The van der Waals surface area contributed by atoms with Gasteiger partial charge in [-0.1, -0.05) is 84.9 Å². The average Bonchev–Trinajstić information content (AvgIpc) is 2.77. The molecule has 2 nitrogen and oxygen atoms in total. The highest BCUT2D eigenvalue weighted by Crippen LogP contribution is 2.21. The summed E-state index contributed by atoms with van der Waals surface area (Å²) in [7, 11) is 0. The fourth-order valence-electron chi connectivity index (χ4n) is 3.92. The number of likely N-dealkylation sites (tertiary alicyclic amines) is 1. The molecule has 1 heterocycles. The van der Waals surface area contributed by atoms with Crippen molar-refractivity contribution in [2.24, 2.45) is 5.92 Å². The Morgan fingerprint density at radius 3 is 1.96 bits per heavy atom. The van der Waals surface area contributed by atoms with Gasteiger partial charge in [-0.05, 0) is 54.1 Å². The first-order valence-electron chi connectivity index (χ1n) is 10.4. The second kappa shape index (κ2) is 9.68. The first kappa shape index (κ1) is 18.9. The molecule has 0 radical (unpaired) electrons. The lowest BCUT2D eigenvalue weighted by Gasteiger charge is -2.31. The van der Waals surface area contributed by atoms with Gasteiger partial charge in [0.1, 0.15) is 0 Å². The van der Waals surface area contributed by atoms with Gasteiger partial charge in [0, 0.05) is 13.2 Å². The third-order valence-electron chi connectivity index (χ3n) is 5.64. The molecule has 2 heteroatoms. The van der Waals surface area contributed by atoms with E-state index in [1.807, 2.05) is 0 Å². The van der Waals surface area contributed by atoms with Crippen LogP contribution >= 0.6 is 0 Å². The molecule has 0 aromatic heterocycles. The summed E-state index contributed by atoms with van der Waals surface area (Å²) in [6.07, 6.45) is 2.47. The van der Waals surface area contributed by atoms with E-state index < -0.39 is 0 Å². The standard InChI is InChI=1S/C26H29NO/c1-3-7-22(8-4-1)19-27-17-15-24(16-18-27)21-28-20-23-11-13-26(14-12-23)25-9-5-2-6-10-25/h1-14,24H,15-21H2. The quantitative estimate of drug-likeness (QED) is 0.522. The lowest BCUT2D eigenvalue weighted by Crippen LogP contribution is -2.34. The first-order chi connectivity index (χ1) is 13.9. The third-order valence-corrected chi connectivity index (χ3v) is 5.64. The van der Waals surface area contributed by atoms with Gasteiger partial charge in [-0.25, -0.2) is 0 Å². The molecule has 0 atom stereocenters. The van der Waals surface area contributed by atoms with E-state index in [-0.39, 0.29) is 0 Å². The fourth-order valence-corrected chi connectivity index (χ4v) is 3.92. The zero-order chi connectivity index (χ0) is 19.0. The van der Waals surface area contributed by atoms with Gasteiger partial charge in [0.2, 0.25) is 0 Å². The molecule has 0 unspecified atom stereocenters. The molecule has 1 fully saturated rings. The van der Waals surface area contributed by atoms with Crippen molar-refractivity contribution in [3.63, 3.8) is 0 Å². The van der Waals surface area contributed by atoms with Crippen LogP contribution in [0.25, 0.3) is 11.1 Å². The zero-order valence-corrected chi connectivity index (χ0v) is 16.5. The molecule has 0 amide bonds. The maximum atomic E-state index is 6.04. The Kier molecular flexibility index (Phi) is 6.54. The monoisotopic (exact) mass is 371 g/mol. The summed E-state index contributed by atoms with van der Waals surface area (Å²) < 4.78 is 6.04. The van der Waals surface area contributed by atoms with E-state index >= 15 is 0 Å². The van der Waals surface area contributed by atoms with Gasteiger partial charge in [-0.3, -0.25) is 4.90 Å². The highest BCUT2D eigenvalue weighted by molar-refractivity contribution is 5.63. The molecule has 4 rings (SSSR count). The molecule has 1 saturated heterocycles. The predicted molar refractivity (Wildman–Crippen MR) is 116 cm³/mol. The number of ether oxygens (including phenoxy) is 1. The fraction of sp³-hybridized carbons (Fsp3) is 0.308. The maximum Gasteiger partial charge on any atom is 0.0717 e. The van der Waals surface area contributed by atoms with Gasteiger partial charge in [0.15, 0.2) is 0 Å². The van der Waals surface area contributed by atoms with Crippen LogP contribution in [0.2, 0.25) is 0 Å². The summed E-state index contributed by atoms with van der Waals surface area (Å²) in [5, 5.41) is 0. The number of rotatable bonds is 7. The normalized spacial score (nSPS) is 15.6. The van der Waals surface area contributed by atoms with Crippen LogP contribution in [0.5, 0.6) is 0 Å². The van der Waals surface area contributed by atoms with Crippen molar-refractivity contribution in [2.75, 3.05) is 19.7 Å². The summed E-state index contributed by atoms with van der Waals surface area (Å²) in [6.45, 7) is 5.00. The maximum absolute atomic E-state index is 6.04. The minimum atomic E-state index is 0.690. The van der Waals surface area contributed by atoms with Gasteiger partial charge < -0.3 is 4.74 Å². The van der Waals surface area contributed by atoms with Crippen molar-refractivity contribution in [1.29, 1.82) is 0 Å². The Morgan fingerprint density at radius 2 is 1.29 bits per heavy atom. The van der Waals surface area contributed by atoms with Gasteiger partial charge in [-0.2, -0.15) is 0 Å². The van der Waals surface area contributed by atoms with E-state index in [2.05, 4.69) is 89.8 Å². The van der Waals surface area contributed by atoms with Crippen LogP contribution in [0.15, 0.2) is 84.9 Å². The summed E-state index contributed by atoms with van der Waals surface area (Å²) >= 11 is 0. The number of benzene rings is 3. The van der Waals surface area contributed by atoms with Crippen LogP contribution in [-0.4, -0.2) is 24.6 Å². The van der Waals surface area contributed by atoms with E-state index in [9.17, 15) is 0 Å². The largest absolute Gasteiger partial charge is 0.376 e. The molecule has 1 aliphatic rings. The molecule has 28 heavy (non-hydrogen) atoms. The van der Waals surface area contributed by atoms with E-state index in [0.29, 0.717) is 12.5 Å². The summed E-state index contributed by atoms with van der Waals surface area (Å²) in [4.78, 5) is 2.56. The van der Waals surface area contributed by atoms with Crippen molar-refractivity contribution in [3.05, 3.63) is 96.1 Å². The zero-order valence-electron chi connectivity index (χ0n) is 16.5. The highest BCUT2D eigenvalue weighted by Gasteiger charge is 2.19. The van der Waals surface area contributed by atoms with Crippen LogP contribution in [0.1, 0.15) is 24.0 Å². The average molecular weight is 372 g/mol. The molecular formula is C26H29NO. The van der Waals surface area contributed by atoms with Crippen molar-refractivity contribution in [1.82, 2.24) is 4.90 Å². The van der Waals surface area contributed by atoms with Crippen molar-refractivity contribution in [3.8, 4) is 11.1 Å². The third kappa shape index (κ3) is 5.31. The predicted octanol–water partition coefficient (Wildman–Crippen LogP) is 5.78. The van der Waals surface area contributed by atoms with E-state index in [1.54, 1.807) is 0 Å². The Morgan fingerprint density at radius 1 is 0.679 bits per heavy atom. The van der Waals surface area contributed by atoms with E-state index in [4.69, 9.17) is 4.74 Å². The first-order valence-corrected chi connectivity index (χ1v) is 10.4. The second-order valence-corrected chi connectivity index (χ2v) is 7.78. The number of nitrogens with zero attached hydrogens (tertiary/aromatic N) is 1. The molecule has 3 aromatic rings. The summed E-state index contributed by atoms with van der Waals surface area (Å²) in [6, 6.07) is 30.0. The van der Waals surface area contributed by atoms with Gasteiger partial charge in [-0.15, -0.1) is 0 Å². The summed E-state index contributed by atoms with van der Waals surface area (Å²) in [5.74, 6) is 0.690. The lowest BCUT2D eigenvalue weighted by atomic mass is 9.97. The van der Waals surface area contributed by atoms with Crippen molar-refractivity contribution < 1.29 is 4.74 Å². The Hall–Kier alpha value is -2.42. The Balaban J connectivity index is 1.18. The lowest BCUT2D eigenvalue weighted by molar-refractivity contribution is 0.0562. The van der Waals surface area contributed by atoms with Crippen LogP contribution < -0.4 is 0 Å². The van der Waals surface area contributed by atoms with Crippen LogP contribution in [-0.2, 0) is 17.9 Å². The van der Waals surface area contributed by atoms with Gasteiger partial charge in [0.05, 0.1) is 6.61 Å². The number of hydrogen-bond donors (Lipinski definition) is 0. The van der Waals surface area contributed by atoms with Crippen molar-refractivity contribution in [2.45, 2.75) is 26.0 Å². The Labute approximate surface area is 168 Å². The summed E-state index contributed by atoms with van der Waals surface area (Å²) in [5.41, 5.74) is 5.18. The second-order valence-electron chi connectivity index (χ2n) is 7.78. The molecule has 144 valence electrons. The number of piperidine rings is 1. The molecule has 0 saturated carbocycles. The number of hydrogen-bond acceptors (Lipinski definition) is 2. The smallest absolute Gasteiger partial charge is 0.0717 e. The van der Waals surface area contributed by atoms with Crippen LogP contribution in [0.3, 0.4) is 0 Å². The molecule has 3 aromatic carbocycles. The topological polar surface area (TPSA) is 12.5 Å². The molecule has 0 spiro atoms. The minimum absolute atomic E-state index is 0.690. The SMILES string of the molecule is c1ccc(CN2CCC(COCc3ccc(-c4ccccc4)cc3)CC2)cc1. The molecule has 0 N–H and O–H groups in total. The Bertz CT molecular complexity index is 821. The minimum Gasteiger partial charge on any atom is -0.376 e. The molecule has 1 aliphatic heterocycles. The van der Waals surface area contributed by atoms with Crippen LogP contribution in [0.4, 0.5) is 0 Å². The van der Waals surface area contributed by atoms with E-state index in [1.165, 1.54) is 48.2 Å². The molecule has 0 bridgehead atoms. The highest BCUT2D eigenvalue weighted by atomic mass is 16.5. The van der Waals surface area contributed by atoms with Gasteiger partial charge in [0.25, 0.3) is 0 Å². The van der Waals surface area contributed by atoms with Gasteiger partial charge >= 0.3 is 0 Å².